The number of nitro groups is 1. The molecule has 0 aliphatic carbocycles. The number of hydrogen-bond donors (Lipinski definition) is 0. The molecule has 1 amide bonds. The summed E-state index contributed by atoms with van der Waals surface area (Å²) in [5.74, 6) is -0.121. The molecule has 2 rings (SSSR count). The van der Waals surface area contributed by atoms with Crippen LogP contribution in [0.3, 0.4) is 0 Å². The molecule has 0 atom stereocenters. The average Bonchev–Trinajstić information content (AvgIpc) is 2.83. The zero-order chi connectivity index (χ0) is 14.0. The first-order chi connectivity index (χ1) is 9.00. The number of aromatic nitrogens is 3. The third-order valence-corrected chi connectivity index (χ3v) is 2.38. The van der Waals surface area contributed by atoms with E-state index >= 15 is 0 Å². The molecular weight excluding hydrogens is 250 g/mol. The Morgan fingerprint density at radius 3 is 2.68 bits per heavy atom. The van der Waals surface area contributed by atoms with Crippen LogP contribution in [-0.2, 0) is 0 Å². The molecular formula is C11H11N5O3. The molecule has 2 aromatic rings. The summed E-state index contributed by atoms with van der Waals surface area (Å²) in [5, 5.41) is 14.9. The highest BCUT2D eigenvalue weighted by Crippen LogP contribution is 2.19. The van der Waals surface area contributed by atoms with E-state index in [0.717, 1.165) is 0 Å². The second-order valence-corrected chi connectivity index (χ2v) is 3.95. The molecule has 0 spiro atoms. The molecule has 0 saturated carbocycles. The van der Waals surface area contributed by atoms with Gasteiger partial charge in [-0.05, 0) is 12.1 Å². The van der Waals surface area contributed by atoms with Crippen molar-refractivity contribution in [3.05, 3.63) is 46.4 Å². The minimum atomic E-state index is -0.636. The fourth-order valence-corrected chi connectivity index (χ4v) is 1.47. The molecule has 98 valence electrons. The normalized spacial score (nSPS) is 10.2. The van der Waals surface area contributed by atoms with Gasteiger partial charge in [0.25, 0.3) is 5.91 Å². The summed E-state index contributed by atoms with van der Waals surface area (Å²) in [6.07, 6.45) is 2.72. The maximum Gasteiger partial charge on any atom is 0.320 e. The summed E-state index contributed by atoms with van der Waals surface area (Å²) >= 11 is 0. The molecule has 0 bridgehead atoms. The van der Waals surface area contributed by atoms with Crippen molar-refractivity contribution in [3.8, 4) is 5.82 Å². The molecule has 0 fully saturated rings. The first kappa shape index (κ1) is 12.7. The van der Waals surface area contributed by atoms with E-state index in [1.807, 2.05) is 0 Å². The Morgan fingerprint density at radius 2 is 2.16 bits per heavy atom. The minimum Gasteiger partial charge on any atom is -0.343 e. The fraction of sp³-hybridized carbons (Fsp3) is 0.182. The first-order valence-corrected chi connectivity index (χ1v) is 5.38. The zero-order valence-corrected chi connectivity index (χ0v) is 10.3. The summed E-state index contributed by atoms with van der Waals surface area (Å²) < 4.78 is 1.22. The number of carbonyl (C=O) groups is 1. The lowest BCUT2D eigenvalue weighted by Gasteiger charge is -2.06. The van der Waals surface area contributed by atoms with Crippen molar-refractivity contribution in [1.82, 2.24) is 19.7 Å². The standard InChI is InChI=1S/C11H11N5O3/c1-14(2)11(17)10-8(16(18)19)7-15(13-10)9-5-3-4-6-12-9/h3-7H,1-2H3. The fourth-order valence-electron chi connectivity index (χ4n) is 1.47. The van der Waals surface area contributed by atoms with Gasteiger partial charge in [0.15, 0.2) is 5.82 Å². The summed E-state index contributed by atoms with van der Waals surface area (Å²) in [4.78, 5) is 27.4. The molecule has 0 aromatic carbocycles. The lowest BCUT2D eigenvalue weighted by molar-refractivity contribution is -0.385. The van der Waals surface area contributed by atoms with Crippen LogP contribution in [0.5, 0.6) is 0 Å². The van der Waals surface area contributed by atoms with E-state index in [0.29, 0.717) is 5.82 Å². The smallest absolute Gasteiger partial charge is 0.320 e. The second kappa shape index (κ2) is 4.84. The van der Waals surface area contributed by atoms with Gasteiger partial charge in [0.2, 0.25) is 5.69 Å². The summed E-state index contributed by atoms with van der Waals surface area (Å²) in [7, 11) is 3.01. The number of pyridine rings is 1. The number of rotatable bonds is 3. The molecule has 2 heterocycles. The van der Waals surface area contributed by atoms with Gasteiger partial charge in [0.1, 0.15) is 6.20 Å². The lowest BCUT2D eigenvalue weighted by Crippen LogP contribution is -2.23. The van der Waals surface area contributed by atoms with E-state index in [1.165, 1.54) is 36.1 Å². The van der Waals surface area contributed by atoms with Gasteiger partial charge in [0.05, 0.1) is 4.92 Å². The monoisotopic (exact) mass is 261 g/mol. The van der Waals surface area contributed by atoms with Crippen LogP contribution < -0.4 is 0 Å². The van der Waals surface area contributed by atoms with Crippen molar-refractivity contribution in [3.63, 3.8) is 0 Å². The third kappa shape index (κ3) is 2.41. The van der Waals surface area contributed by atoms with Crippen LogP contribution in [-0.4, -0.2) is 44.6 Å². The molecule has 0 unspecified atom stereocenters. The molecule has 0 aliphatic rings. The van der Waals surface area contributed by atoms with Crippen LogP contribution >= 0.6 is 0 Å². The van der Waals surface area contributed by atoms with Crippen LogP contribution in [0.4, 0.5) is 5.69 Å². The summed E-state index contributed by atoms with van der Waals surface area (Å²) in [6, 6.07) is 5.08. The Morgan fingerprint density at radius 1 is 1.42 bits per heavy atom. The topological polar surface area (TPSA) is 94.2 Å². The predicted octanol–water partition coefficient (Wildman–Crippen LogP) is 0.877. The SMILES string of the molecule is CN(C)C(=O)c1nn(-c2ccccn2)cc1[N+](=O)[O-]. The molecule has 8 nitrogen and oxygen atoms in total. The van der Waals surface area contributed by atoms with Gasteiger partial charge < -0.3 is 4.90 Å². The van der Waals surface area contributed by atoms with E-state index in [2.05, 4.69) is 10.1 Å². The largest absolute Gasteiger partial charge is 0.343 e. The Hall–Kier alpha value is -2.77. The molecule has 0 radical (unpaired) electrons. The van der Waals surface area contributed by atoms with Crippen molar-refractivity contribution < 1.29 is 9.72 Å². The second-order valence-electron chi connectivity index (χ2n) is 3.95. The van der Waals surface area contributed by atoms with Crippen LogP contribution in [0.25, 0.3) is 5.82 Å². The molecule has 0 N–H and O–H groups in total. The highest BCUT2D eigenvalue weighted by molar-refractivity contribution is 5.95. The van der Waals surface area contributed by atoms with Crippen molar-refractivity contribution in [2.45, 2.75) is 0 Å². The Balaban J connectivity index is 2.53. The van der Waals surface area contributed by atoms with E-state index in [1.54, 1.807) is 18.2 Å². The quantitative estimate of drug-likeness (QED) is 0.603. The zero-order valence-electron chi connectivity index (χ0n) is 10.3. The van der Waals surface area contributed by atoms with Gasteiger partial charge in [-0.1, -0.05) is 6.07 Å². The van der Waals surface area contributed by atoms with Gasteiger partial charge in [-0.15, -0.1) is 0 Å². The van der Waals surface area contributed by atoms with Crippen molar-refractivity contribution >= 4 is 11.6 Å². The number of hydrogen-bond acceptors (Lipinski definition) is 5. The van der Waals surface area contributed by atoms with Crippen LogP contribution in [0, 0.1) is 10.1 Å². The van der Waals surface area contributed by atoms with Gasteiger partial charge in [-0.2, -0.15) is 5.10 Å². The van der Waals surface area contributed by atoms with Crippen LogP contribution in [0.2, 0.25) is 0 Å². The van der Waals surface area contributed by atoms with Gasteiger partial charge in [-0.3, -0.25) is 14.9 Å². The van der Waals surface area contributed by atoms with Crippen LogP contribution in [0.15, 0.2) is 30.6 Å². The maximum absolute atomic E-state index is 11.8. The number of nitrogens with zero attached hydrogens (tertiary/aromatic N) is 5. The van der Waals surface area contributed by atoms with E-state index in [9.17, 15) is 14.9 Å². The third-order valence-electron chi connectivity index (χ3n) is 2.38. The first-order valence-electron chi connectivity index (χ1n) is 5.38. The van der Waals surface area contributed by atoms with Crippen LogP contribution in [0.1, 0.15) is 10.5 Å². The Bertz CT molecular complexity index is 621. The molecule has 0 aliphatic heterocycles. The number of amides is 1. The molecule has 0 saturated heterocycles. The lowest BCUT2D eigenvalue weighted by atomic mass is 10.3. The van der Waals surface area contributed by atoms with Gasteiger partial charge in [-0.25, -0.2) is 9.67 Å². The van der Waals surface area contributed by atoms with E-state index in [4.69, 9.17) is 0 Å². The van der Waals surface area contributed by atoms with Crippen molar-refractivity contribution in [2.24, 2.45) is 0 Å². The Kier molecular flexibility index (Phi) is 3.23. The maximum atomic E-state index is 11.8. The van der Waals surface area contributed by atoms with Crippen molar-refractivity contribution in [1.29, 1.82) is 0 Å². The highest BCUT2D eigenvalue weighted by Gasteiger charge is 2.27. The molecule has 8 heteroatoms. The summed E-state index contributed by atoms with van der Waals surface area (Å²) in [6.45, 7) is 0. The number of carbonyl (C=O) groups excluding carboxylic acids is 1. The highest BCUT2D eigenvalue weighted by atomic mass is 16.6. The van der Waals surface area contributed by atoms with E-state index < -0.39 is 10.8 Å². The van der Waals surface area contributed by atoms with E-state index in [-0.39, 0.29) is 11.4 Å². The van der Waals surface area contributed by atoms with Crippen molar-refractivity contribution in [2.75, 3.05) is 14.1 Å². The van der Waals surface area contributed by atoms with Gasteiger partial charge in [0, 0.05) is 20.3 Å². The summed E-state index contributed by atoms with van der Waals surface area (Å²) in [5.41, 5.74) is -0.551. The molecule has 2 aromatic heterocycles. The Labute approximate surface area is 108 Å². The van der Waals surface area contributed by atoms with Gasteiger partial charge >= 0.3 is 5.69 Å². The average molecular weight is 261 g/mol. The minimum absolute atomic E-state index is 0.208. The molecule has 19 heavy (non-hydrogen) atoms. The predicted molar refractivity (Wildman–Crippen MR) is 66.0 cm³/mol.